The van der Waals surface area contributed by atoms with Crippen LogP contribution in [0.4, 0.5) is 4.79 Å². The van der Waals surface area contributed by atoms with Gasteiger partial charge in [-0.3, -0.25) is 4.90 Å². The van der Waals surface area contributed by atoms with Gasteiger partial charge in [0, 0.05) is 0 Å². The third-order valence-electron chi connectivity index (χ3n) is 3.30. The summed E-state index contributed by atoms with van der Waals surface area (Å²) in [6.45, 7) is 11.2. The Morgan fingerprint density at radius 3 is 2.30 bits per heavy atom. The standard InChI is InChI=1S/C14H25NO5/c1-8(2)10-7-19-11(12(16)17)9(3)15(10)13(18)20-14(4,5)6/h8-11H,7H2,1-6H3,(H,16,17)/t9?,10-,11+/m1/s1. The minimum Gasteiger partial charge on any atom is -0.479 e. The van der Waals surface area contributed by atoms with Gasteiger partial charge in [-0.15, -0.1) is 0 Å². The van der Waals surface area contributed by atoms with Crippen LogP contribution in [0.3, 0.4) is 0 Å². The first-order valence-corrected chi connectivity index (χ1v) is 6.90. The summed E-state index contributed by atoms with van der Waals surface area (Å²) in [5.74, 6) is -0.909. The fraction of sp³-hybridized carbons (Fsp3) is 0.857. The van der Waals surface area contributed by atoms with Crippen LogP contribution in [-0.2, 0) is 14.3 Å². The number of nitrogens with zero attached hydrogens (tertiary/aromatic N) is 1. The lowest BCUT2D eigenvalue weighted by Gasteiger charge is -2.45. The van der Waals surface area contributed by atoms with E-state index in [-0.39, 0.29) is 18.6 Å². The second kappa shape index (κ2) is 5.99. The SMILES string of the molecule is CC(C)[C@H]1CO[C@H](C(=O)O)C(C)N1C(=O)OC(C)(C)C. The van der Waals surface area contributed by atoms with Crippen LogP contribution in [-0.4, -0.2) is 52.5 Å². The average molecular weight is 287 g/mol. The topological polar surface area (TPSA) is 76.1 Å². The number of carbonyl (C=O) groups excluding carboxylic acids is 1. The van der Waals surface area contributed by atoms with E-state index in [1.165, 1.54) is 4.90 Å². The van der Waals surface area contributed by atoms with Crippen molar-refractivity contribution < 1.29 is 24.2 Å². The van der Waals surface area contributed by atoms with Crippen molar-refractivity contribution in [1.82, 2.24) is 4.90 Å². The van der Waals surface area contributed by atoms with E-state index < -0.39 is 29.8 Å². The number of morpholine rings is 1. The molecular weight excluding hydrogens is 262 g/mol. The average Bonchev–Trinajstić information content (AvgIpc) is 2.24. The molecule has 1 heterocycles. The highest BCUT2D eigenvalue weighted by molar-refractivity contribution is 5.76. The smallest absolute Gasteiger partial charge is 0.410 e. The first-order valence-electron chi connectivity index (χ1n) is 6.90. The van der Waals surface area contributed by atoms with Crippen molar-refractivity contribution in [3.63, 3.8) is 0 Å². The summed E-state index contributed by atoms with van der Waals surface area (Å²) in [6.07, 6.45) is -1.50. The quantitative estimate of drug-likeness (QED) is 0.842. The second-order valence-corrected chi connectivity index (χ2v) is 6.53. The van der Waals surface area contributed by atoms with E-state index in [1.54, 1.807) is 27.7 Å². The zero-order chi connectivity index (χ0) is 15.7. The molecule has 116 valence electrons. The van der Waals surface area contributed by atoms with Crippen LogP contribution in [0.15, 0.2) is 0 Å². The molecule has 1 N–H and O–H groups in total. The Hall–Kier alpha value is -1.30. The number of aliphatic carboxylic acids is 1. The maximum Gasteiger partial charge on any atom is 0.410 e. The van der Waals surface area contributed by atoms with E-state index >= 15 is 0 Å². The monoisotopic (exact) mass is 287 g/mol. The molecule has 1 amide bonds. The van der Waals surface area contributed by atoms with E-state index in [1.807, 2.05) is 13.8 Å². The number of carboxylic acids is 1. The number of rotatable bonds is 2. The lowest BCUT2D eigenvalue weighted by molar-refractivity contribution is -0.167. The van der Waals surface area contributed by atoms with Crippen LogP contribution in [0.1, 0.15) is 41.5 Å². The van der Waals surface area contributed by atoms with Gasteiger partial charge >= 0.3 is 12.1 Å². The summed E-state index contributed by atoms with van der Waals surface area (Å²) in [4.78, 5) is 25.1. The first-order chi connectivity index (χ1) is 9.04. The zero-order valence-electron chi connectivity index (χ0n) is 13.0. The van der Waals surface area contributed by atoms with Gasteiger partial charge in [0.05, 0.1) is 18.7 Å². The van der Waals surface area contributed by atoms with Gasteiger partial charge < -0.3 is 14.6 Å². The predicted octanol–water partition coefficient (Wildman–Crippen LogP) is 2.12. The van der Waals surface area contributed by atoms with Gasteiger partial charge in [-0.1, -0.05) is 13.8 Å². The Labute approximate surface area is 120 Å². The number of carbonyl (C=O) groups is 2. The number of amides is 1. The molecule has 6 nitrogen and oxygen atoms in total. The third-order valence-corrected chi connectivity index (χ3v) is 3.30. The summed E-state index contributed by atoms with van der Waals surface area (Å²) in [5, 5.41) is 9.16. The molecule has 3 atom stereocenters. The molecule has 0 bridgehead atoms. The number of carboxylic acid groups (broad SMARTS) is 1. The van der Waals surface area contributed by atoms with Crippen LogP contribution in [0.5, 0.6) is 0 Å². The molecule has 1 rings (SSSR count). The van der Waals surface area contributed by atoms with E-state index in [0.29, 0.717) is 0 Å². The van der Waals surface area contributed by atoms with Crippen LogP contribution in [0.25, 0.3) is 0 Å². The van der Waals surface area contributed by atoms with Gasteiger partial charge in [0.1, 0.15) is 5.60 Å². The highest BCUT2D eigenvalue weighted by atomic mass is 16.6. The third kappa shape index (κ3) is 3.85. The van der Waals surface area contributed by atoms with Crippen molar-refractivity contribution in [3.8, 4) is 0 Å². The molecule has 0 aromatic carbocycles. The van der Waals surface area contributed by atoms with Crippen molar-refractivity contribution in [2.45, 2.75) is 65.3 Å². The van der Waals surface area contributed by atoms with Gasteiger partial charge in [0.2, 0.25) is 0 Å². The highest BCUT2D eigenvalue weighted by Crippen LogP contribution is 2.26. The molecule has 0 aromatic heterocycles. The maximum atomic E-state index is 12.4. The van der Waals surface area contributed by atoms with Crippen LogP contribution >= 0.6 is 0 Å². The second-order valence-electron chi connectivity index (χ2n) is 6.53. The van der Waals surface area contributed by atoms with Crippen molar-refractivity contribution in [2.75, 3.05) is 6.61 Å². The molecule has 1 fully saturated rings. The molecule has 0 radical (unpaired) electrons. The Kier molecular flexibility index (Phi) is 5.02. The Morgan fingerprint density at radius 1 is 1.35 bits per heavy atom. The molecular formula is C14H25NO5. The maximum absolute atomic E-state index is 12.4. The summed E-state index contributed by atoms with van der Waals surface area (Å²) in [5.41, 5.74) is -0.616. The highest BCUT2D eigenvalue weighted by Gasteiger charge is 2.44. The van der Waals surface area contributed by atoms with Gasteiger partial charge in [-0.05, 0) is 33.6 Å². The Bertz CT molecular complexity index is 374. The van der Waals surface area contributed by atoms with Crippen LogP contribution < -0.4 is 0 Å². The van der Waals surface area contributed by atoms with Crippen molar-refractivity contribution in [1.29, 1.82) is 0 Å². The number of ether oxygens (including phenoxy) is 2. The minimum atomic E-state index is -1.06. The molecule has 6 heteroatoms. The molecule has 1 aliphatic rings. The number of hydrogen-bond donors (Lipinski definition) is 1. The molecule has 1 saturated heterocycles. The summed E-state index contributed by atoms with van der Waals surface area (Å²) < 4.78 is 10.8. The predicted molar refractivity (Wildman–Crippen MR) is 73.5 cm³/mol. The molecule has 1 unspecified atom stereocenters. The molecule has 20 heavy (non-hydrogen) atoms. The van der Waals surface area contributed by atoms with Gasteiger partial charge in [0.25, 0.3) is 0 Å². The summed E-state index contributed by atoms with van der Waals surface area (Å²) in [7, 11) is 0. The van der Waals surface area contributed by atoms with E-state index in [4.69, 9.17) is 14.6 Å². The zero-order valence-corrected chi connectivity index (χ0v) is 13.0. The van der Waals surface area contributed by atoms with Gasteiger partial charge in [-0.25, -0.2) is 9.59 Å². The van der Waals surface area contributed by atoms with Crippen molar-refractivity contribution in [2.24, 2.45) is 5.92 Å². The van der Waals surface area contributed by atoms with E-state index in [9.17, 15) is 9.59 Å². The molecule has 0 aliphatic carbocycles. The largest absolute Gasteiger partial charge is 0.479 e. The van der Waals surface area contributed by atoms with Crippen molar-refractivity contribution in [3.05, 3.63) is 0 Å². The molecule has 0 spiro atoms. The fourth-order valence-electron chi connectivity index (χ4n) is 2.28. The molecule has 0 saturated carbocycles. The summed E-state index contributed by atoms with van der Waals surface area (Å²) >= 11 is 0. The molecule has 1 aliphatic heterocycles. The molecule has 0 aromatic rings. The van der Waals surface area contributed by atoms with Crippen molar-refractivity contribution >= 4 is 12.1 Å². The van der Waals surface area contributed by atoms with Crippen LogP contribution in [0, 0.1) is 5.92 Å². The number of hydrogen-bond acceptors (Lipinski definition) is 4. The van der Waals surface area contributed by atoms with E-state index in [0.717, 1.165) is 0 Å². The lowest BCUT2D eigenvalue weighted by atomic mass is 9.97. The minimum absolute atomic E-state index is 0.153. The van der Waals surface area contributed by atoms with Gasteiger partial charge in [0.15, 0.2) is 6.10 Å². The summed E-state index contributed by atoms with van der Waals surface area (Å²) in [6, 6.07) is -0.751. The Morgan fingerprint density at radius 2 is 1.90 bits per heavy atom. The normalized spacial score (nSPS) is 27.6. The lowest BCUT2D eigenvalue weighted by Crippen LogP contribution is -2.61. The van der Waals surface area contributed by atoms with E-state index in [2.05, 4.69) is 0 Å². The Balaban J connectivity index is 2.98. The van der Waals surface area contributed by atoms with Crippen LogP contribution in [0.2, 0.25) is 0 Å². The first kappa shape index (κ1) is 16.8. The fourth-order valence-corrected chi connectivity index (χ4v) is 2.28. The van der Waals surface area contributed by atoms with Gasteiger partial charge in [-0.2, -0.15) is 0 Å².